The molecule has 3 heterocycles. The number of sulfonamides is 1. The van der Waals surface area contributed by atoms with Gasteiger partial charge in [-0.05, 0) is 31.4 Å². The van der Waals surface area contributed by atoms with Gasteiger partial charge < -0.3 is 14.2 Å². The van der Waals surface area contributed by atoms with Crippen LogP contribution < -0.4 is 5.76 Å². The van der Waals surface area contributed by atoms with Crippen molar-refractivity contribution in [2.75, 3.05) is 39.3 Å². The third-order valence-corrected chi connectivity index (χ3v) is 7.60. The fraction of sp³-hybridized carbons (Fsp3) is 0.526. The summed E-state index contributed by atoms with van der Waals surface area (Å²) in [5.74, 6) is -0.839. The topological polar surface area (TPSA) is 113 Å². The Balaban J connectivity index is 1.57. The van der Waals surface area contributed by atoms with Crippen LogP contribution in [0.2, 0.25) is 0 Å². The predicted molar refractivity (Wildman–Crippen MR) is 107 cm³/mol. The zero-order valence-corrected chi connectivity index (χ0v) is 17.3. The van der Waals surface area contributed by atoms with Gasteiger partial charge >= 0.3 is 5.76 Å². The van der Waals surface area contributed by atoms with Gasteiger partial charge in [-0.1, -0.05) is 0 Å². The minimum absolute atomic E-state index is 0.0119. The van der Waals surface area contributed by atoms with Crippen molar-refractivity contribution in [2.24, 2.45) is 0 Å². The molecule has 2 saturated heterocycles. The van der Waals surface area contributed by atoms with Gasteiger partial charge in [-0.15, -0.1) is 0 Å². The number of rotatable bonds is 5. The maximum absolute atomic E-state index is 12.9. The molecule has 30 heavy (non-hydrogen) atoms. The second kappa shape index (κ2) is 8.23. The molecular weight excluding hydrogens is 412 g/mol. The standard InChI is InChI=1S/C19H24N4O6S/c24-14-20-8-10-22(11-9-20)30(27,28)15-4-5-16-17(12-15)29-19(26)23(16)13-18(25)21-6-2-1-3-7-21/h4-5,12,14H,1-3,6-11,13H2. The Hall–Kier alpha value is -2.66. The van der Waals surface area contributed by atoms with Crippen molar-refractivity contribution in [2.45, 2.75) is 30.7 Å². The number of hydrogen-bond acceptors (Lipinski definition) is 6. The van der Waals surface area contributed by atoms with Crippen molar-refractivity contribution >= 4 is 33.4 Å². The van der Waals surface area contributed by atoms with Gasteiger partial charge in [0.2, 0.25) is 22.3 Å². The number of carbonyl (C=O) groups is 2. The van der Waals surface area contributed by atoms with Gasteiger partial charge in [0.1, 0.15) is 6.54 Å². The fourth-order valence-corrected chi connectivity index (χ4v) is 5.37. The summed E-state index contributed by atoms with van der Waals surface area (Å²) in [5.41, 5.74) is 0.508. The van der Waals surface area contributed by atoms with Gasteiger partial charge in [0, 0.05) is 45.3 Å². The Labute approximate surface area is 173 Å². The lowest BCUT2D eigenvalue weighted by molar-refractivity contribution is -0.132. The number of nitrogens with zero attached hydrogens (tertiary/aromatic N) is 4. The highest BCUT2D eigenvalue weighted by Gasteiger charge is 2.29. The van der Waals surface area contributed by atoms with E-state index in [1.807, 2.05) is 0 Å². The summed E-state index contributed by atoms with van der Waals surface area (Å²) in [4.78, 5) is 39.0. The number of carbonyl (C=O) groups excluding carboxylic acids is 2. The molecule has 0 saturated carbocycles. The van der Waals surface area contributed by atoms with Crippen molar-refractivity contribution in [1.82, 2.24) is 18.7 Å². The van der Waals surface area contributed by atoms with Crippen molar-refractivity contribution < 1.29 is 22.4 Å². The smallest absolute Gasteiger partial charge is 0.408 e. The van der Waals surface area contributed by atoms with E-state index in [9.17, 15) is 22.8 Å². The Morgan fingerprint density at radius 2 is 1.73 bits per heavy atom. The van der Waals surface area contributed by atoms with Crippen molar-refractivity contribution in [1.29, 1.82) is 0 Å². The zero-order valence-electron chi connectivity index (χ0n) is 16.5. The predicted octanol–water partition coefficient (Wildman–Crippen LogP) is 0.0697. The minimum Gasteiger partial charge on any atom is -0.408 e. The SMILES string of the molecule is O=CN1CCN(S(=O)(=O)c2ccc3c(c2)oc(=O)n3CC(=O)N2CCCCC2)CC1. The highest BCUT2D eigenvalue weighted by atomic mass is 32.2. The third-order valence-electron chi connectivity index (χ3n) is 5.70. The fourth-order valence-electron chi connectivity index (χ4n) is 3.93. The molecule has 0 aliphatic carbocycles. The molecule has 0 spiro atoms. The molecular formula is C19H24N4O6S. The molecule has 0 N–H and O–H groups in total. The Morgan fingerprint density at radius 1 is 1.03 bits per heavy atom. The quantitative estimate of drug-likeness (QED) is 0.613. The van der Waals surface area contributed by atoms with E-state index in [-0.39, 0.29) is 36.0 Å². The van der Waals surface area contributed by atoms with E-state index >= 15 is 0 Å². The highest BCUT2D eigenvalue weighted by Crippen LogP contribution is 2.23. The molecule has 2 aliphatic rings. The van der Waals surface area contributed by atoms with Crippen molar-refractivity contribution in [3.63, 3.8) is 0 Å². The van der Waals surface area contributed by atoms with Crippen LogP contribution in [0.3, 0.4) is 0 Å². The number of piperazine rings is 1. The number of oxazole rings is 1. The third kappa shape index (κ3) is 3.86. The summed E-state index contributed by atoms with van der Waals surface area (Å²) in [6, 6.07) is 4.24. The van der Waals surface area contributed by atoms with Crippen LogP contribution in [0.25, 0.3) is 11.1 Å². The summed E-state index contributed by atoms with van der Waals surface area (Å²) in [7, 11) is -3.78. The van der Waals surface area contributed by atoms with E-state index in [4.69, 9.17) is 4.42 Å². The Morgan fingerprint density at radius 3 is 2.40 bits per heavy atom. The summed E-state index contributed by atoms with van der Waals surface area (Å²) in [6.07, 6.45) is 3.71. The van der Waals surface area contributed by atoms with Crippen LogP contribution in [0, 0.1) is 0 Å². The normalized spacial score (nSPS) is 18.7. The Bertz CT molecular complexity index is 1110. The first-order chi connectivity index (χ1) is 14.4. The maximum Gasteiger partial charge on any atom is 0.420 e. The van der Waals surface area contributed by atoms with E-state index in [0.717, 1.165) is 19.3 Å². The number of hydrogen-bond donors (Lipinski definition) is 0. The number of aromatic nitrogens is 1. The van der Waals surface area contributed by atoms with Crippen LogP contribution >= 0.6 is 0 Å². The van der Waals surface area contributed by atoms with Crippen LogP contribution in [0.1, 0.15) is 19.3 Å². The van der Waals surface area contributed by atoms with Crippen molar-refractivity contribution in [3.05, 3.63) is 28.7 Å². The molecule has 2 fully saturated rings. The van der Waals surface area contributed by atoms with Gasteiger partial charge in [-0.3, -0.25) is 14.2 Å². The molecule has 1 aromatic heterocycles. The molecule has 1 aromatic carbocycles. The zero-order chi connectivity index (χ0) is 21.3. The second-order valence-electron chi connectivity index (χ2n) is 7.57. The van der Waals surface area contributed by atoms with Crippen LogP contribution in [0.4, 0.5) is 0 Å². The summed E-state index contributed by atoms with van der Waals surface area (Å²) in [6.45, 7) is 2.30. The maximum atomic E-state index is 12.9. The van der Waals surface area contributed by atoms with E-state index in [1.165, 1.54) is 32.0 Å². The number of fused-ring (bicyclic) bond motifs is 1. The lowest BCUT2D eigenvalue weighted by Crippen LogP contribution is -2.47. The molecule has 0 radical (unpaired) electrons. The molecule has 162 valence electrons. The van der Waals surface area contributed by atoms with Gasteiger partial charge in [-0.25, -0.2) is 13.2 Å². The number of amides is 2. The van der Waals surface area contributed by atoms with Crippen LogP contribution in [0.5, 0.6) is 0 Å². The largest absolute Gasteiger partial charge is 0.420 e. The van der Waals surface area contributed by atoms with E-state index in [0.29, 0.717) is 38.1 Å². The van der Waals surface area contributed by atoms with Crippen LogP contribution in [-0.4, -0.2) is 78.7 Å². The minimum atomic E-state index is -3.78. The number of likely N-dealkylation sites (tertiary alicyclic amines) is 1. The molecule has 4 rings (SSSR count). The average molecular weight is 436 g/mol. The molecule has 0 unspecified atom stereocenters. The van der Waals surface area contributed by atoms with Crippen LogP contribution in [-0.2, 0) is 26.2 Å². The number of benzene rings is 1. The van der Waals surface area contributed by atoms with E-state index < -0.39 is 15.8 Å². The van der Waals surface area contributed by atoms with Crippen molar-refractivity contribution in [3.8, 4) is 0 Å². The second-order valence-corrected chi connectivity index (χ2v) is 9.51. The first-order valence-electron chi connectivity index (χ1n) is 10.0. The summed E-state index contributed by atoms with van der Waals surface area (Å²) < 4.78 is 33.7. The van der Waals surface area contributed by atoms with Gasteiger partial charge in [0.15, 0.2) is 5.58 Å². The number of piperidine rings is 1. The first kappa shape index (κ1) is 20.6. The molecule has 0 atom stereocenters. The molecule has 10 nitrogen and oxygen atoms in total. The van der Waals surface area contributed by atoms with Gasteiger partial charge in [0.25, 0.3) is 0 Å². The lowest BCUT2D eigenvalue weighted by Gasteiger charge is -2.31. The molecule has 2 amide bonds. The molecule has 0 bridgehead atoms. The van der Waals surface area contributed by atoms with Gasteiger partial charge in [-0.2, -0.15) is 4.31 Å². The summed E-state index contributed by atoms with van der Waals surface area (Å²) >= 11 is 0. The lowest BCUT2D eigenvalue weighted by atomic mass is 10.1. The van der Waals surface area contributed by atoms with Crippen LogP contribution in [0.15, 0.2) is 32.3 Å². The Kier molecular flexibility index (Phi) is 5.65. The summed E-state index contributed by atoms with van der Waals surface area (Å²) in [5, 5.41) is 0. The van der Waals surface area contributed by atoms with E-state index in [2.05, 4.69) is 0 Å². The molecule has 2 aliphatic heterocycles. The van der Waals surface area contributed by atoms with E-state index in [1.54, 1.807) is 4.90 Å². The molecule has 2 aromatic rings. The molecule has 11 heteroatoms. The highest BCUT2D eigenvalue weighted by molar-refractivity contribution is 7.89. The monoisotopic (exact) mass is 436 g/mol. The first-order valence-corrected chi connectivity index (χ1v) is 11.4. The van der Waals surface area contributed by atoms with Gasteiger partial charge in [0.05, 0.1) is 10.4 Å². The average Bonchev–Trinajstić information content (AvgIpc) is 3.08.